The van der Waals surface area contributed by atoms with E-state index in [0.29, 0.717) is 55.6 Å². The minimum atomic E-state index is -4.98. The van der Waals surface area contributed by atoms with Gasteiger partial charge in [-0.15, -0.1) is 5.92 Å². The highest BCUT2D eigenvalue weighted by Crippen LogP contribution is 2.46. The summed E-state index contributed by atoms with van der Waals surface area (Å²) in [6, 6.07) is 0.181. The van der Waals surface area contributed by atoms with Crippen molar-refractivity contribution in [3.05, 3.63) is 51.7 Å². The highest BCUT2D eigenvalue weighted by molar-refractivity contribution is 6.07. The fraction of sp³-hybridized carbons (Fsp3) is 0.515. The van der Waals surface area contributed by atoms with Crippen molar-refractivity contribution in [2.24, 2.45) is 0 Å². The lowest BCUT2D eigenvalue weighted by Gasteiger charge is -2.40. The molecule has 2 aromatic rings. The summed E-state index contributed by atoms with van der Waals surface area (Å²) in [6.07, 6.45) is -3.05. The zero-order valence-corrected chi connectivity index (χ0v) is 26.6. The zero-order chi connectivity index (χ0) is 34.7. The number of carbonyl (C=O) groups excluding carboxylic acids is 2. The van der Waals surface area contributed by atoms with E-state index in [9.17, 15) is 27.2 Å². The molecule has 3 atom stereocenters. The summed E-state index contributed by atoms with van der Waals surface area (Å²) in [5, 5.41) is 5.01. The maximum absolute atomic E-state index is 15.6. The van der Waals surface area contributed by atoms with Crippen molar-refractivity contribution in [3.63, 3.8) is 0 Å². The van der Waals surface area contributed by atoms with Gasteiger partial charge in [0.1, 0.15) is 18.0 Å². The van der Waals surface area contributed by atoms with E-state index in [1.165, 1.54) is 6.92 Å². The lowest BCUT2D eigenvalue weighted by molar-refractivity contribution is -0.140. The summed E-state index contributed by atoms with van der Waals surface area (Å²) in [5.74, 6) is 3.42. The van der Waals surface area contributed by atoms with E-state index >= 15 is 4.39 Å². The molecule has 11 nitrogen and oxygen atoms in total. The zero-order valence-electron chi connectivity index (χ0n) is 26.6. The van der Waals surface area contributed by atoms with Crippen molar-refractivity contribution < 1.29 is 41.0 Å². The molecule has 4 fully saturated rings. The van der Waals surface area contributed by atoms with Crippen molar-refractivity contribution in [1.29, 1.82) is 0 Å². The second-order valence-corrected chi connectivity index (χ2v) is 13.2. The second-order valence-electron chi connectivity index (χ2n) is 13.2. The Morgan fingerprint density at radius 1 is 1.22 bits per heavy atom. The summed E-state index contributed by atoms with van der Waals surface area (Å²) in [6.45, 7) is 2.95. The highest BCUT2D eigenvalue weighted by atomic mass is 19.4. The maximum Gasteiger partial charge on any atom is 0.418 e. The Morgan fingerprint density at radius 2 is 2.02 bits per heavy atom. The molecule has 1 spiro atoms. The number of imide groups is 1. The molecule has 0 aliphatic carbocycles. The molecular weight excluding hydrogens is 653 g/mol. The van der Waals surface area contributed by atoms with Gasteiger partial charge in [-0.25, -0.2) is 13.6 Å². The largest absolute Gasteiger partial charge is 0.461 e. The number of fused-ring (bicyclic) bond motifs is 2. The predicted octanol–water partition coefficient (Wildman–Crippen LogP) is 4.05. The molecule has 1 aromatic carbocycles. The topological polar surface area (TPSA) is 135 Å². The van der Waals surface area contributed by atoms with Crippen LogP contribution in [0.15, 0.2) is 18.0 Å². The van der Waals surface area contributed by atoms with Crippen molar-refractivity contribution in [3.8, 4) is 17.9 Å². The number of nitrogens with two attached hydrogens (primary N) is 1. The summed E-state index contributed by atoms with van der Waals surface area (Å²) in [5.41, 5.74) is 2.51. The van der Waals surface area contributed by atoms with Crippen LogP contribution in [0.2, 0.25) is 0 Å². The van der Waals surface area contributed by atoms with Crippen molar-refractivity contribution in [2.45, 2.75) is 75.4 Å². The molecule has 260 valence electrons. The fourth-order valence-corrected chi connectivity index (χ4v) is 7.99. The summed E-state index contributed by atoms with van der Waals surface area (Å²) < 4.78 is 84.8. The molecule has 5 aliphatic heterocycles. The van der Waals surface area contributed by atoms with E-state index < -0.39 is 63.5 Å². The molecule has 1 aromatic heterocycles. The van der Waals surface area contributed by atoms with Crippen molar-refractivity contribution >= 4 is 23.4 Å². The summed E-state index contributed by atoms with van der Waals surface area (Å²) >= 11 is 0. The third-order valence-electron chi connectivity index (χ3n) is 10.2. The minimum absolute atomic E-state index is 0.0559. The molecular formula is C33H34F5N7O4. The third kappa shape index (κ3) is 5.72. The number of nitrogen functional groups attached to an aromatic ring is 1. The molecule has 3 unspecified atom stereocenters. The van der Waals surface area contributed by atoms with Gasteiger partial charge in [0, 0.05) is 36.2 Å². The van der Waals surface area contributed by atoms with Crippen LogP contribution in [0.1, 0.15) is 73.1 Å². The number of hydrogen-bond donors (Lipinski definition) is 3. The first-order valence-electron chi connectivity index (χ1n) is 16.0. The first kappa shape index (κ1) is 33.0. The molecule has 6 heterocycles. The van der Waals surface area contributed by atoms with E-state index in [4.69, 9.17) is 20.2 Å². The van der Waals surface area contributed by atoms with Gasteiger partial charge in [0.15, 0.2) is 5.82 Å². The van der Waals surface area contributed by atoms with Crippen LogP contribution in [0.3, 0.4) is 0 Å². The number of piperidine rings is 1. The van der Waals surface area contributed by atoms with Gasteiger partial charge in [-0.1, -0.05) is 5.92 Å². The molecule has 0 saturated carbocycles. The maximum atomic E-state index is 15.6. The van der Waals surface area contributed by atoms with Gasteiger partial charge in [0.2, 0.25) is 0 Å². The van der Waals surface area contributed by atoms with Gasteiger partial charge < -0.3 is 25.4 Å². The van der Waals surface area contributed by atoms with Crippen LogP contribution in [0, 0.1) is 17.7 Å². The SMILES string of the molecule is CC#Cc1cc(N)c(F)c(C2Cc3nc(OCC45CCCN4C/C(=C/F)C5)nc(N4CCCC5(C4)NC(=O)NC5=O)c3CO2)c1C(F)(F)F. The molecule has 49 heavy (non-hydrogen) atoms. The number of nitrogens with zero attached hydrogens (tertiary/aromatic N) is 4. The number of carbonyl (C=O) groups is 2. The Hall–Kier alpha value is -4.49. The van der Waals surface area contributed by atoms with Crippen LogP contribution >= 0.6 is 0 Å². The quantitative estimate of drug-likeness (QED) is 0.184. The smallest absolute Gasteiger partial charge is 0.418 e. The summed E-state index contributed by atoms with van der Waals surface area (Å²) in [7, 11) is 0. The van der Waals surface area contributed by atoms with Crippen LogP contribution in [0.4, 0.5) is 38.3 Å². The minimum Gasteiger partial charge on any atom is -0.461 e. The van der Waals surface area contributed by atoms with Gasteiger partial charge in [-0.05, 0) is 57.2 Å². The highest BCUT2D eigenvalue weighted by Gasteiger charge is 2.50. The lowest BCUT2D eigenvalue weighted by atomic mass is 9.88. The van der Waals surface area contributed by atoms with Crippen LogP contribution in [0.5, 0.6) is 6.01 Å². The Kier molecular flexibility index (Phi) is 8.18. The molecule has 4 saturated heterocycles. The standard InChI is InChI=1S/C33H34F5N7O4/c1-2-5-19-10-21(39)26(35)24(25(19)33(36,37)38)23-11-22-20(15-48-23)27(44-8-4-7-32(16-44)28(46)42-29(47)43-32)41-30(40-22)49-17-31-6-3-9-45(31)14-18(12-31)13-34/h10,13,23H,3-4,6-9,11-12,14-17,39H2,1H3,(H2,42,43,46,47)/b18-13+. The van der Waals surface area contributed by atoms with Gasteiger partial charge >= 0.3 is 18.2 Å². The molecule has 5 aliphatic rings. The van der Waals surface area contributed by atoms with Gasteiger partial charge in [-0.2, -0.15) is 23.1 Å². The fourth-order valence-electron chi connectivity index (χ4n) is 7.99. The normalized spacial score (nSPS) is 27.5. The van der Waals surface area contributed by atoms with E-state index in [-0.39, 0.29) is 37.9 Å². The lowest BCUT2D eigenvalue weighted by Crippen LogP contribution is -2.59. The Labute approximate surface area is 278 Å². The second kappa shape index (κ2) is 12.1. The monoisotopic (exact) mass is 687 g/mol. The third-order valence-corrected chi connectivity index (χ3v) is 10.2. The van der Waals surface area contributed by atoms with Crippen molar-refractivity contribution in [2.75, 3.05) is 43.4 Å². The molecule has 16 heteroatoms. The van der Waals surface area contributed by atoms with Crippen molar-refractivity contribution in [1.82, 2.24) is 25.5 Å². The molecule has 7 rings (SSSR count). The predicted molar refractivity (Wildman–Crippen MR) is 165 cm³/mol. The number of benzene rings is 1. The average molecular weight is 688 g/mol. The molecule has 3 amide bonds. The molecule has 0 bridgehead atoms. The number of halogens is 5. The number of ether oxygens (including phenoxy) is 2. The van der Waals surface area contributed by atoms with Crippen LogP contribution in [0.25, 0.3) is 0 Å². The Bertz CT molecular complexity index is 1820. The molecule has 0 radical (unpaired) electrons. The number of urea groups is 1. The van der Waals surface area contributed by atoms with E-state index in [1.807, 2.05) is 0 Å². The Morgan fingerprint density at radius 3 is 2.73 bits per heavy atom. The van der Waals surface area contributed by atoms with Gasteiger partial charge in [-0.3, -0.25) is 15.0 Å². The summed E-state index contributed by atoms with van der Waals surface area (Å²) in [4.78, 5) is 38.2. The first-order valence-corrected chi connectivity index (χ1v) is 16.0. The van der Waals surface area contributed by atoms with Crippen LogP contribution in [-0.2, 0) is 28.7 Å². The first-order chi connectivity index (χ1) is 23.4. The van der Waals surface area contributed by atoms with Crippen LogP contribution < -0.4 is 26.0 Å². The van der Waals surface area contributed by atoms with E-state index in [2.05, 4.69) is 32.4 Å². The number of hydrogen-bond acceptors (Lipinski definition) is 9. The number of amides is 3. The average Bonchev–Trinajstić information content (AvgIpc) is 3.69. The van der Waals surface area contributed by atoms with Crippen LogP contribution in [-0.4, -0.2) is 70.7 Å². The number of rotatable bonds is 5. The van der Waals surface area contributed by atoms with E-state index in [0.717, 1.165) is 25.5 Å². The van der Waals surface area contributed by atoms with E-state index in [1.54, 1.807) is 4.90 Å². The van der Waals surface area contributed by atoms with Gasteiger partial charge in [0.25, 0.3) is 5.91 Å². The number of aromatic nitrogens is 2. The Balaban J connectivity index is 1.28. The number of nitrogens with one attached hydrogen (secondary N) is 2. The molecule has 4 N–H and O–H groups in total. The number of anilines is 2. The van der Waals surface area contributed by atoms with Gasteiger partial charge in [0.05, 0.1) is 48.1 Å². The number of alkyl halides is 3.